The summed E-state index contributed by atoms with van der Waals surface area (Å²) in [6.45, 7) is 0.665. The molecule has 0 aliphatic heterocycles. The molecule has 0 spiro atoms. The van der Waals surface area contributed by atoms with Gasteiger partial charge in [0.1, 0.15) is 0 Å². The predicted octanol–water partition coefficient (Wildman–Crippen LogP) is 2.20. The molecule has 1 fully saturated rings. The van der Waals surface area contributed by atoms with E-state index in [1.54, 1.807) is 7.11 Å². The van der Waals surface area contributed by atoms with Gasteiger partial charge in [-0.05, 0) is 37.3 Å². The third-order valence-electron chi connectivity index (χ3n) is 3.01. The Morgan fingerprint density at radius 1 is 1.31 bits per heavy atom. The number of hydrogen-bond donors (Lipinski definition) is 1. The Labute approximate surface area is 96.5 Å². The van der Waals surface area contributed by atoms with Crippen LogP contribution in [0.4, 0.5) is 0 Å². The van der Waals surface area contributed by atoms with E-state index >= 15 is 0 Å². The Balaban J connectivity index is 1.79. The lowest BCUT2D eigenvalue weighted by Crippen LogP contribution is -2.24. The highest BCUT2D eigenvalue weighted by Crippen LogP contribution is 2.33. The quantitative estimate of drug-likeness (QED) is 0.801. The lowest BCUT2D eigenvalue weighted by atomic mass is 10.1. The molecule has 2 rings (SSSR count). The number of para-hydroxylation sites is 2. The zero-order chi connectivity index (χ0) is 11.4. The van der Waals surface area contributed by atoms with Crippen molar-refractivity contribution >= 4 is 0 Å². The zero-order valence-corrected chi connectivity index (χ0v) is 9.69. The molecule has 1 aromatic rings. The van der Waals surface area contributed by atoms with Crippen LogP contribution in [0.2, 0.25) is 0 Å². The minimum atomic E-state index is 0.301. The van der Waals surface area contributed by atoms with Crippen molar-refractivity contribution in [1.29, 1.82) is 0 Å². The first kappa shape index (κ1) is 11.3. The minimum absolute atomic E-state index is 0.301. The third-order valence-corrected chi connectivity index (χ3v) is 3.01. The molecule has 2 N–H and O–H groups in total. The molecule has 88 valence electrons. The van der Waals surface area contributed by atoms with Gasteiger partial charge in [-0.3, -0.25) is 0 Å². The Hall–Kier alpha value is -1.22. The summed E-state index contributed by atoms with van der Waals surface area (Å²) in [5.74, 6) is 2.32. The first-order valence-electron chi connectivity index (χ1n) is 5.82. The van der Waals surface area contributed by atoms with Crippen molar-refractivity contribution in [1.82, 2.24) is 0 Å². The number of hydrogen-bond acceptors (Lipinski definition) is 3. The molecule has 0 heterocycles. The van der Waals surface area contributed by atoms with E-state index in [2.05, 4.69) is 0 Å². The van der Waals surface area contributed by atoms with Gasteiger partial charge in [-0.1, -0.05) is 12.1 Å². The predicted molar refractivity (Wildman–Crippen MR) is 63.8 cm³/mol. The topological polar surface area (TPSA) is 44.5 Å². The summed E-state index contributed by atoms with van der Waals surface area (Å²) in [6.07, 6.45) is 3.49. The molecule has 1 saturated carbocycles. The summed E-state index contributed by atoms with van der Waals surface area (Å²) in [7, 11) is 1.65. The molecule has 1 aromatic carbocycles. The van der Waals surface area contributed by atoms with Crippen molar-refractivity contribution in [3.8, 4) is 11.5 Å². The Bertz CT molecular complexity index is 336. The molecule has 0 aromatic heterocycles. The average Bonchev–Trinajstić information content (AvgIpc) is 3.13. The summed E-state index contributed by atoms with van der Waals surface area (Å²) >= 11 is 0. The summed E-state index contributed by atoms with van der Waals surface area (Å²) in [5, 5.41) is 0. The molecule has 16 heavy (non-hydrogen) atoms. The van der Waals surface area contributed by atoms with Crippen molar-refractivity contribution in [2.75, 3.05) is 13.7 Å². The van der Waals surface area contributed by atoms with Crippen LogP contribution in [0.25, 0.3) is 0 Å². The highest BCUT2D eigenvalue weighted by Gasteiger charge is 2.28. The number of nitrogens with two attached hydrogens (primary N) is 1. The number of methoxy groups -OCH3 is 1. The maximum atomic E-state index is 6.00. The van der Waals surface area contributed by atoms with E-state index in [1.807, 2.05) is 24.3 Å². The van der Waals surface area contributed by atoms with Gasteiger partial charge in [-0.25, -0.2) is 0 Å². The fraction of sp³-hybridized carbons (Fsp3) is 0.538. The Morgan fingerprint density at radius 3 is 2.62 bits per heavy atom. The molecule has 1 aliphatic rings. The van der Waals surface area contributed by atoms with Crippen LogP contribution in [0, 0.1) is 5.92 Å². The molecule has 1 atom stereocenters. The largest absolute Gasteiger partial charge is 0.493 e. The second kappa shape index (κ2) is 5.21. The van der Waals surface area contributed by atoms with Crippen LogP contribution in [0.1, 0.15) is 19.3 Å². The smallest absolute Gasteiger partial charge is 0.161 e. The van der Waals surface area contributed by atoms with Crippen LogP contribution in [0.3, 0.4) is 0 Å². The summed E-state index contributed by atoms with van der Waals surface area (Å²) in [6, 6.07) is 7.99. The Kier molecular flexibility index (Phi) is 3.67. The maximum absolute atomic E-state index is 6.00. The number of ether oxygens (including phenoxy) is 2. The lowest BCUT2D eigenvalue weighted by molar-refractivity contribution is 0.275. The normalized spacial score (nSPS) is 16.9. The van der Waals surface area contributed by atoms with Crippen LogP contribution in [0.15, 0.2) is 24.3 Å². The second-order valence-corrected chi connectivity index (χ2v) is 4.29. The van der Waals surface area contributed by atoms with Gasteiger partial charge in [-0.15, -0.1) is 0 Å². The molecular formula is C13H19NO2. The zero-order valence-electron chi connectivity index (χ0n) is 9.69. The van der Waals surface area contributed by atoms with Crippen LogP contribution < -0.4 is 15.2 Å². The van der Waals surface area contributed by atoms with Gasteiger partial charge < -0.3 is 15.2 Å². The SMILES string of the molecule is COc1ccccc1OCCC(N)C1CC1. The highest BCUT2D eigenvalue weighted by atomic mass is 16.5. The van der Waals surface area contributed by atoms with E-state index < -0.39 is 0 Å². The molecular weight excluding hydrogens is 202 g/mol. The molecule has 0 saturated heterocycles. The van der Waals surface area contributed by atoms with Crippen molar-refractivity contribution in [2.45, 2.75) is 25.3 Å². The molecule has 3 nitrogen and oxygen atoms in total. The van der Waals surface area contributed by atoms with E-state index in [1.165, 1.54) is 12.8 Å². The molecule has 0 radical (unpaired) electrons. The van der Waals surface area contributed by atoms with Crippen LogP contribution in [0.5, 0.6) is 11.5 Å². The molecule has 3 heteroatoms. The van der Waals surface area contributed by atoms with Gasteiger partial charge in [0.25, 0.3) is 0 Å². The van der Waals surface area contributed by atoms with Crippen molar-refractivity contribution in [3.63, 3.8) is 0 Å². The van der Waals surface area contributed by atoms with Crippen LogP contribution in [-0.4, -0.2) is 19.8 Å². The minimum Gasteiger partial charge on any atom is -0.493 e. The lowest BCUT2D eigenvalue weighted by Gasteiger charge is -2.13. The highest BCUT2D eigenvalue weighted by molar-refractivity contribution is 5.39. The second-order valence-electron chi connectivity index (χ2n) is 4.29. The maximum Gasteiger partial charge on any atom is 0.161 e. The fourth-order valence-corrected chi connectivity index (χ4v) is 1.80. The van der Waals surface area contributed by atoms with Gasteiger partial charge >= 0.3 is 0 Å². The fourth-order valence-electron chi connectivity index (χ4n) is 1.80. The monoisotopic (exact) mass is 221 g/mol. The summed E-state index contributed by atoms with van der Waals surface area (Å²) in [5.41, 5.74) is 6.00. The summed E-state index contributed by atoms with van der Waals surface area (Å²) < 4.78 is 10.9. The average molecular weight is 221 g/mol. The third kappa shape index (κ3) is 2.89. The number of rotatable bonds is 6. The summed E-state index contributed by atoms with van der Waals surface area (Å²) in [4.78, 5) is 0. The van der Waals surface area contributed by atoms with E-state index in [4.69, 9.17) is 15.2 Å². The van der Waals surface area contributed by atoms with Crippen molar-refractivity contribution in [3.05, 3.63) is 24.3 Å². The molecule has 1 unspecified atom stereocenters. The molecule has 1 aliphatic carbocycles. The van der Waals surface area contributed by atoms with Gasteiger partial charge in [0.15, 0.2) is 11.5 Å². The van der Waals surface area contributed by atoms with E-state index in [-0.39, 0.29) is 0 Å². The van der Waals surface area contributed by atoms with Crippen LogP contribution >= 0.6 is 0 Å². The van der Waals surface area contributed by atoms with E-state index in [0.717, 1.165) is 23.8 Å². The van der Waals surface area contributed by atoms with Crippen molar-refractivity contribution < 1.29 is 9.47 Å². The Morgan fingerprint density at radius 2 is 2.00 bits per heavy atom. The molecule has 0 bridgehead atoms. The van der Waals surface area contributed by atoms with Gasteiger partial charge in [-0.2, -0.15) is 0 Å². The number of benzene rings is 1. The standard InChI is InChI=1S/C13H19NO2/c1-15-12-4-2-3-5-13(12)16-9-8-11(14)10-6-7-10/h2-5,10-11H,6-9,14H2,1H3. The van der Waals surface area contributed by atoms with Crippen molar-refractivity contribution in [2.24, 2.45) is 11.7 Å². The van der Waals surface area contributed by atoms with Gasteiger partial charge in [0.2, 0.25) is 0 Å². The first-order valence-corrected chi connectivity index (χ1v) is 5.82. The van der Waals surface area contributed by atoms with E-state index in [9.17, 15) is 0 Å². The first-order chi connectivity index (χ1) is 7.81. The molecule has 0 amide bonds. The van der Waals surface area contributed by atoms with Crippen LogP contribution in [-0.2, 0) is 0 Å². The van der Waals surface area contributed by atoms with Gasteiger partial charge in [0, 0.05) is 6.04 Å². The van der Waals surface area contributed by atoms with Gasteiger partial charge in [0.05, 0.1) is 13.7 Å². The van der Waals surface area contributed by atoms with E-state index in [0.29, 0.717) is 12.6 Å².